The van der Waals surface area contributed by atoms with Gasteiger partial charge in [-0.3, -0.25) is 0 Å². The highest BCUT2D eigenvalue weighted by molar-refractivity contribution is 6.21. The van der Waals surface area contributed by atoms with Crippen molar-refractivity contribution in [1.82, 2.24) is 0 Å². The molecule has 0 aromatic heterocycles. The van der Waals surface area contributed by atoms with Crippen LogP contribution in [0.15, 0.2) is 109 Å². The molecule has 0 saturated heterocycles. The summed E-state index contributed by atoms with van der Waals surface area (Å²) in [5.74, 6) is 0. The zero-order chi connectivity index (χ0) is 28.3. The zero-order valence-corrected chi connectivity index (χ0v) is 24.4. The largest absolute Gasteiger partial charge is 0.0616 e. The van der Waals surface area contributed by atoms with Gasteiger partial charge in [0.1, 0.15) is 0 Å². The fourth-order valence-corrected chi connectivity index (χ4v) is 8.20. The summed E-state index contributed by atoms with van der Waals surface area (Å²) in [5.41, 5.74) is 21.7. The van der Waals surface area contributed by atoms with Gasteiger partial charge in [-0.2, -0.15) is 0 Å². The molecule has 0 saturated carbocycles. The predicted molar refractivity (Wildman–Crippen MR) is 180 cm³/mol. The van der Waals surface area contributed by atoms with Crippen molar-refractivity contribution in [1.29, 1.82) is 0 Å². The van der Waals surface area contributed by atoms with Gasteiger partial charge in [-0.1, -0.05) is 109 Å². The van der Waals surface area contributed by atoms with Gasteiger partial charge in [-0.25, -0.2) is 0 Å². The molecule has 0 heterocycles. The Morgan fingerprint density at radius 3 is 1.00 bits per heavy atom. The molecule has 7 aromatic carbocycles. The Morgan fingerprint density at radius 2 is 0.595 bits per heavy atom. The van der Waals surface area contributed by atoms with Crippen LogP contribution >= 0.6 is 0 Å². The molecule has 2 aliphatic carbocycles. The van der Waals surface area contributed by atoms with E-state index in [2.05, 4.69) is 137 Å². The summed E-state index contributed by atoms with van der Waals surface area (Å²) in [5, 5.41) is 5.46. The predicted octanol–water partition coefficient (Wildman–Crippen LogP) is 11.9. The second-order valence-electron chi connectivity index (χ2n) is 12.1. The lowest BCUT2D eigenvalue weighted by Gasteiger charge is -2.23. The van der Waals surface area contributed by atoms with Crippen LogP contribution in [0.25, 0.3) is 88.3 Å². The molecule has 0 atom stereocenters. The summed E-state index contributed by atoms with van der Waals surface area (Å²) in [4.78, 5) is 0. The number of hydrogen-bond donors (Lipinski definition) is 0. The first-order valence-electron chi connectivity index (χ1n) is 15.0. The van der Waals surface area contributed by atoms with Crippen LogP contribution in [0.1, 0.15) is 22.3 Å². The van der Waals surface area contributed by atoms with Crippen molar-refractivity contribution < 1.29 is 0 Å². The van der Waals surface area contributed by atoms with Gasteiger partial charge in [-0.15, -0.1) is 0 Å². The molecule has 0 unspecified atom stereocenters. The van der Waals surface area contributed by atoms with Crippen LogP contribution in [-0.2, 0) is 0 Å². The maximum Gasteiger partial charge on any atom is -0.00201 e. The van der Waals surface area contributed by atoms with Gasteiger partial charge in [0.15, 0.2) is 0 Å². The highest BCUT2D eigenvalue weighted by atomic mass is 14.3. The fourth-order valence-electron chi connectivity index (χ4n) is 8.20. The van der Waals surface area contributed by atoms with Crippen molar-refractivity contribution >= 4 is 21.5 Å². The van der Waals surface area contributed by atoms with E-state index in [1.54, 1.807) is 0 Å². The lowest BCUT2D eigenvalue weighted by atomic mass is 9.80. The monoisotopic (exact) mass is 534 g/mol. The molecule has 0 radical (unpaired) electrons. The van der Waals surface area contributed by atoms with Gasteiger partial charge >= 0.3 is 0 Å². The summed E-state index contributed by atoms with van der Waals surface area (Å²) in [7, 11) is 0. The quantitative estimate of drug-likeness (QED) is 0.207. The molecule has 9 rings (SSSR count). The summed E-state index contributed by atoms with van der Waals surface area (Å²) < 4.78 is 0. The Balaban J connectivity index is 1.34. The van der Waals surface area contributed by atoms with E-state index < -0.39 is 0 Å². The molecular formula is C42H30. The van der Waals surface area contributed by atoms with Gasteiger partial charge in [0.05, 0.1) is 0 Å². The number of rotatable bonds is 2. The molecule has 0 fully saturated rings. The first-order valence-corrected chi connectivity index (χ1v) is 15.0. The fraction of sp³-hybridized carbons (Fsp3) is 0.0952. The lowest BCUT2D eigenvalue weighted by molar-refractivity contribution is 1.24. The van der Waals surface area contributed by atoms with Gasteiger partial charge in [0.2, 0.25) is 0 Å². The highest BCUT2D eigenvalue weighted by Gasteiger charge is 2.27. The van der Waals surface area contributed by atoms with E-state index >= 15 is 0 Å². The van der Waals surface area contributed by atoms with E-state index in [-0.39, 0.29) is 0 Å². The minimum absolute atomic E-state index is 1.33. The normalized spacial score (nSPS) is 12.3. The van der Waals surface area contributed by atoms with Crippen molar-refractivity contribution in [2.45, 2.75) is 27.7 Å². The summed E-state index contributed by atoms with van der Waals surface area (Å²) in [6, 6.07) is 40.9. The Bertz CT molecular complexity index is 2110. The van der Waals surface area contributed by atoms with E-state index in [1.165, 1.54) is 111 Å². The molecule has 0 bridgehead atoms. The standard InChI is InChI=1S/C42H30/c1-23-24(2)39(37-21-19-35-29-13-7-5-11-27(29)31-15-9-17-33(37)41(31)35)26(4)40(25(23)3)38-22-20-36-30-14-8-6-12-28(30)32-16-10-18-34(38)42(32)36/h5-22H,1-4H3. The van der Waals surface area contributed by atoms with Gasteiger partial charge in [0, 0.05) is 0 Å². The summed E-state index contributed by atoms with van der Waals surface area (Å²) >= 11 is 0. The summed E-state index contributed by atoms with van der Waals surface area (Å²) in [6.07, 6.45) is 0. The van der Waals surface area contributed by atoms with Crippen LogP contribution < -0.4 is 0 Å². The number of hydrogen-bond acceptors (Lipinski definition) is 0. The molecule has 0 amide bonds. The SMILES string of the molecule is Cc1c(C)c(-c2ccc3c4c(cccc24)-c2ccccc2-3)c(C)c(-c2ccc3c4c(cccc24)-c2ccccc2-3)c1C. The number of benzene rings is 7. The lowest BCUT2D eigenvalue weighted by Crippen LogP contribution is -2.01. The minimum Gasteiger partial charge on any atom is -0.0616 e. The third-order valence-corrected chi connectivity index (χ3v) is 10.3. The molecule has 0 aliphatic heterocycles. The molecule has 7 aromatic rings. The highest BCUT2D eigenvalue weighted by Crippen LogP contribution is 2.53. The molecule has 0 spiro atoms. The Labute approximate surface area is 246 Å². The minimum atomic E-state index is 1.33. The molecular weight excluding hydrogens is 504 g/mol. The topological polar surface area (TPSA) is 0 Å². The molecule has 0 N–H and O–H groups in total. The van der Waals surface area contributed by atoms with Crippen LogP contribution in [-0.4, -0.2) is 0 Å². The smallest absolute Gasteiger partial charge is 0.00201 e. The molecule has 198 valence electrons. The van der Waals surface area contributed by atoms with Crippen molar-refractivity contribution in [3.8, 4) is 66.8 Å². The third-order valence-electron chi connectivity index (χ3n) is 10.3. The van der Waals surface area contributed by atoms with Crippen LogP contribution in [0.5, 0.6) is 0 Å². The van der Waals surface area contributed by atoms with Crippen molar-refractivity contribution in [2.75, 3.05) is 0 Å². The zero-order valence-electron chi connectivity index (χ0n) is 24.4. The van der Waals surface area contributed by atoms with E-state index in [0.717, 1.165) is 0 Å². The average molecular weight is 535 g/mol. The third kappa shape index (κ3) is 2.87. The van der Waals surface area contributed by atoms with Gasteiger partial charge < -0.3 is 0 Å². The Morgan fingerprint density at radius 1 is 0.262 bits per heavy atom. The van der Waals surface area contributed by atoms with E-state index in [1.807, 2.05) is 0 Å². The molecule has 0 heteroatoms. The average Bonchev–Trinajstić information content (AvgIpc) is 3.53. The van der Waals surface area contributed by atoms with Crippen molar-refractivity contribution in [2.24, 2.45) is 0 Å². The van der Waals surface area contributed by atoms with E-state index in [4.69, 9.17) is 0 Å². The van der Waals surface area contributed by atoms with Crippen molar-refractivity contribution in [3.05, 3.63) is 131 Å². The molecule has 0 nitrogen and oxygen atoms in total. The first kappa shape index (κ1) is 23.7. The van der Waals surface area contributed by atoms with E-state index in [9.17, 15) is 0 Å². The second kappa shape index (κ2) is 8.30. The van der Waals surface area contributed by atoms with Crippen LogP contribution in [0, 0.1) is 27.7 Å². The van der Waals surface area contributed by atoms with Crippen LogP contribution in [0.4, 0.5) is 0 Å². The second-order valence-corrected chi connectivity index (χ2v) is 12.1. The van der Waals surface area contributed by atoms with Crippen molar-refractivity contribution in [3.63, 3.8) is 0 Å². The van der Waals surface area contributed by atoms with Gasteiger partial charge in [0.25, 0.3) is 0 Å². The van der Waals surface area contributed by atoms with E-state index in [0.29, 0.717) is 0 Å². The Hall–Kier alpha value is -4.94. The van der Waals surface area contributed by atoms with Crippen LogP contribution in [0.2, 0.25) is 0 Å². The first-order chi connectivity index (χ1) is 20.5. The molecule has 2 aliphatic rings. The Kier molecular flexibility index (Phi) is 4.69. The maximum atomic E-state index is 2.38. The maximum absolute atomic E-state index is 2.38. The molecule has 42 heavy (non-hydrogen) atoms. The van der Waals surface area contributed by atoms with Crippen LogP contribution in [0.3, 0.4) is 0 Å². The number of fused-ring (bicyclic) bond motifs is 6. The summed E-state index contributed by atoms with van der Waals surface area (Å²) in [6.45, 7) is 9.29. The van der Waals surface area contributed by atoms with Gasteiger partial charge in [-0.05, 0) is 138 Å².